The van der Waals surface area contributed by atoms with Gasteiger partial charge in [-0.2, -0.15) is 0 Å². The molecule has 0 radical (unpaired) electrons. The lowest BCUT2D eigenvalue weighted by Crippen LogP contribution is -2.47. The zero-order valence-corrected chi connectivity index (χ0v) is 17.3. The Morgan fingerprint density at radius 3 is 2.04 bits per heavy atom. The summed E-state index contributed by atoms with van der Waals surface area (Å²) in [5, 5.41) is 0.612. The highest BCUT2D eigenvalue weighted by Crippen LogP contribution is 2.37. The molecule has 1 rings (SSSR count). The van der Waals surface area contributed by atoms with E-state index in [0.717, 1.165) is 18.7 Å². The maximum absolute atomic E-state index is 12.7. The quantitative estimate of drug-likeness (QED) is 0.688. The lowest BCUT2D eigenvalue weighted by Gasteiger charge is -2.37. The molecule has 2 N–H and O–H groups in total. The summed E-state index contributed by atoms with van der Waals surface area (Å²) in [7, 11) is 4.01. The van der Waals surface area contributed by atoms with Gasteiger partial charge in [-0.3, -0.25) is 9.69 Å². The molecule has 1 aromatic rings. The van der Waals surface area contributed by atoms with Gasteiger partial charge < -0.3 is 10.6 Å². The van der Waals surface area contributed by atoms with Crippen molar-refractivity contribution < 1.29 is 4.79 Å². The zero-order valence-electron chi connectivity index (χ0n) is 16.6. The van der Waals surface area contributed by atoms with Crippen LogP contribution < -0.4 is 5.73 Å². The number of nitrogens with two attached hydrogens (primary N) is 1. The Morgan fingerprint density at radius 1 is 1.08 bits per heavy atom. The SMILES string of the molecule is CC(C)N(CCC(CCN(C)C)(C(N)=O)c1ccccc1Cl)C(C)C. The number of hydrogen-bond donors (Lipinski definition) is 1. The van der Waals surface area contributed by atoms with Crippen LogP contribution in [0.15, 0.2) is 24.3 Å². The van der Waals surface area contributed by atoms with Crippen LogP contribution in [0.1, 0.15) is 46.1 Å². The number of primary amides is 1. The van der Waals surface area contributed by atoms with Crippen molar-refractivity contribution in [1.82, 2.24) is 9.80 Å². The fraction of sp³-hybridized carbons (Fsp3) is 0.650. The van der Waals surface area contributed by atoms with E-state index >= 15 is 0 Å². The van der Waals surface area contributed by atoms with Gasteiger partial charge in [-0.05, 0) is 72.8 Å². The van der Waals surface area contributed by atoms with Crippen LogP contribution in [0, 0.1) is 0 Å². The predicted molar refractivity (Wildman–Crippen MR) is 107 cm³/mol. The summed E-state index contributed by atoms with van der Waals surface area (Å²) in [6.45, 7) is 10.3. The number of amides is 1. The molecule has 1 amide bonds. The second-order valence-corrected chi connectivity index (χ2v) is 8.06. The van der Waals surface area contributed by atoms with Crippen molar-refractivity contribution >= 4 is 17.5 Å². The minimum Gasteiger partial charge on any atom is -0.369 e. The van der Waals surface area contributed by atoms with Crippen LogP contribution in [-0.2, 0) is 10.2 Å². The molecule has 0 aliphatic carbocycles. The van der Waals surface area contributed by atoms with Gasteiger partial charge in [0, 0.05) is 23.7 Å². The summed E-state index contributed by atoms with van der Waals surface area (Å²) in [4.78, 5) is 17.1. The lowest BCUT2D eigenvalue weighted by atomic mass is 9.73. The van der Waals surface area contributed by atoms with E-state index in [1.807, 2.05) is 38.4 Å². The van der Waals surface area contributed by atoms with Crippen LogP contribution in [0.2, 0.25) is 5.02 Å². The third-order valence-corrected chi connectivity index (χ3v) is 5.30. The van der Waals surface area contributed by atoms with E-state index in [4.69, 9.17) is 17.3 Å². The van der Waals surface area contributed by atoms with E-state index in [2.05, 4.69) is 37.5 Å². The van der Waals surface area contributed by atoms with Crippen molar-refractivity contribution in [3.05, 3.63) is 34.9 Å². The van der Waals surface area contributed by atoms with Crippen molar-refractivity contribution in [3.63, 3.8) is 0 Å². The highest BCUT2D eigenvalue weighted by molar-refractivity contribution is 6.31. The van der Waals surface area contributed by atoms with E-state index < -0.39 is 5.41 Å². The van der Waals surface area contributed by atoms with Gasteiger partial charge in [0.2, 0.25) is 5.91 Å². The normalized spacial score (nSPS) is 14.5. The highest BCUT2D eigenvalue weighted by Gasteiger charge is 2.40. The van der Waals surface area contributed by atoms with Crippen LogP contribution in [0.25, 0.3) is 0 Å². The Hall–Kier alpha value is -1.10. The number of halogens is 1. The third-order valence-electron chi connectivity index (χ3n) is 4.97. The largest absolute Gasteiger partial charge is 0.369 e. The summed E-state index contributed by atoms with van der Waals surface area (Å²) in [6.07, 6.45) is 1.32. The lowest BCUT2D eigenvalue weighted by molar-refractivity contribution is -0.124. The van der Waals surface area contributed by atoms with Gasteiger partial charge in [0.1, 0.15) is 0 Å². The Morgan fingerprint density at radius 2 is 1.60 bits per heavy atom. The Balaban J connectivity index is 3.25. The van der Waals surface area contributed by atoms with Crippen LogP contribution >= 0.6 is 11.6 Å². The van der Waals surface area contributed by atoms with Gasteiger partial charge in [0.25, 0.3) is 0 Å². The van der Waals surface area contributed by atoms with Crippen LogP contribution in [-0.4, -0.2) is 55.0 Å². The second kappa shape index (κ2) is 9.56. The average molecular weight is 368 g/mol. The first-order valence-corrected chi connectivity index (χ1v) is 9.45. The number of carbonyl (C=O) groups excluding carboxylic acids is 1. The van der Waals surface area contributed by atoms with Gasteiger partial charge in [0.15, 0.2) is 0 Å². The minimum absolute atomic E-state index is 0.296. The summed E-state index contributed by atoms with van der Waals surface area (Å²) >= 11 is 6.47. The van der Waals surface area contributed by atoms with E-state index in [-0.39, 0.29) is 5.91 Å². The molecule has 0 fully saturated rings. The van der Waals surface area contributed by atoms with Gasteiger partial charge in [0.05, 0.1) is 5.41 Å². The van der Waals surface area contributed by atoms with Crippen LogP contribution in [0.3, 0.4) is 0 Å². The van der Waals surface area contributed by atoms with Gasteiger partial charge in [-0.1, -0.05) is 29.8 Å². The zero-order chi connectivity index (χ0) is 19.2. The maximum atomic E-state index is 12.7. The molecular formula is C20H34ClN3O. The number of carbonyl (C=O) groups is 1. The summed E-state index contributed by atoms with van der Waals surface area (Å²) in [5.74, 6) is -0.296. The van der Waals surface area contributed by atoms with E-state index in [1.165, 1.54) is 0 Å². The van der Waals surface area contributed by atoms with E-state index in [0.29, 0.717) is 29.9 Å². The molecule has 0 spiro atoms. The van der Waals surface area contributed by atoms with Crippen LogP contribution in [0.4, 0.5) is 0 Å². The summed E-state index contributed by atoms with van der Waals surface area (Å²) in [6, 6.07) is 8.41. The molecule has 0 aromatic heterocycles. The summed E-state index contributed by atoms with van der Waals surface area (Å²) < 4.78 is 0. The highest BCUT2D eigenvalue weighted by atomic mass is 35.5. The molecule has 0 bridgehead atoms. The molecule has 5 heteroatoms. The fourth-order valence-electron chi connectivity index (χ4n) is 3.47. The molecule has 25 heavy (non-hydrogen) atoms. The number of hydrogen-bond acceptors (Lipinski definition) is 3. The molecule has 0 saturated carbocycles. The predicted octanol–water partition coefficient (Wildman–Crippen LogP) is 3.52. The Labute approximate surface area is 158 Å². The third kappa shape index (κ3) is 5.70. The Bertz CT molecular complexity index is 552. The first kappa shape index (κ1) is 21.9. The van der Waals surface area contributed by atoms with Crippen molar-refractivity contribution in [3.8, 4) is 0 Å². The molecule has 0 saturated heterocycles. The standard InChI is InChI=1S/C20H34ClN3O/c1-15(2)24(16(3)4)14-12-20(19(22)25,11-13-23(5)6)17-9-7-8-10-18(17)21/h7-10,15-16H,11-14H2,1-6H3,(H2,22,25). The van der Waals surface area contributed by atoms with Crippen molar-refractivity contribution in [2.45, 2.75) is 58.0 Å². The fourth-order valence-corrected chi connectivity index (χ4v) is 3.79. The van der Waals surface area contributed by atoms with Crippen LogP contribution in [0.5, 0.6) is 0 Å². The molecule has 1 atom stereocenters. The first-order chi connectivity index (χ1) is 11.6. The monoisotopic (exact) mass is 367 g/mol. The molecule has 4 nitrogen and oxygen atoms in total. The first-order valence-electron chi connectivity index (χ1n) is 9.07. The molecule has 1 unspecified atom stereocenters. The van der Waals surface area contributed by atoms with Crippen molar-refractivity contribution in [1.29, 1.82) is 0 Å². The van der Waals surface area contributed by atoms with Gasteiger partial charge in [-0.25, -0.2) is 0 Å². The average Bonchev–Trinajstić information content (AvgIpc) is 2.50. The topological polar surface area (TPSA) is 49.6 Å². The van der Waals surface area contributed by atoms with Crippen molar-refractivity contribution in [2.75, 3.05) is 27.2 Å². The minimum atomic E-state index is -0.759. The maximum Gasteiger partial charge on any atom is 0.228 e. The molecule has 0 aliphatic rings. The molecule has 0 heterocycles. The second-order valence-electron chi connectivity index (χ2n) is 7.65. The molecule has 0 aliphatic heterocycles. The molecule has 142 valence electrons. The smallest absolute Gasteiger partial charge is 0.228 e. The Kier molecular flexibility index (Phi) is 8.39. The van der Waals surface area contributed by atoms with E-state index in [9.17, 15) is 4.79 Å². The summed E-state index contributed by atoms with van der Waals surface area (Å²) in [5.41, 5.74) is 6.05. The number of rotatable bonds is 10. The van der Waals surface area contributed by atoms with Gasteiger partial charge in [-0.15, -0.1) is 0 Å². The van der Waals surface area contributed by atoms with Crippen molar-refractivity contribution in [2.24, 2.45) is 5.73 Å². The number of nitrogens with zero attached hydrogens (tertiary/aromatic N) is 2. The molecular weight excluding hydrogens is 334 g/mol. The van der Waals surface area contributed by atoms with Gasteiger partial charge >= 0.3 is 0 Å². The number of benzene rings is 1. The van der Waals surface area contributed by atoms with E-state index in [1.54, 1.807) is 0 Å². The molecule has 1 aromatic carbocycles.